The zero-order valence-electron chi connectivity index (χ0n) is 12.9. The van der Waals surface area contributed by atoms with Gasteiger partial charge in [-0.3, -0.25) is 4.99 Å². The Morgan fingerprint density at radius 1 is 0.955 bits per heavy atom. The van der Waals surface area contributed by atoms with Gasteiger partial charge in [0.25, 0.3) is 0 Å². The van der Waals surface area contributed by atoms with Crippen LogP contribution in [0.5, 0.6) is 5.75 Å². The van der Waals surface area contributed by atoms with E-state index in [0.717, 1.165) is 22.6 Å². The molecule has 3 rings (SSSR count). The molecule has 2 nitrogen and oxygen atoms in total. The van der Waals surface area contributed by atoms with Crippen molar-refractivity contribution < 1.29 is 4.74 Å². The first-order chi connectivity index (χ1) is 10.8. The molecule has 2 heteroatoms. The van der Waals surface area contributed by atoms with E-state index in [4.69, 9.17) is 4.74 Å². The van der Waals surface area contributed by atoms with Crippen LogP contribution in [-0.4, -0.2) is 12.8 Å². The van der Waals surface area contributed by atoms with Gasteiger partial charge in [0.1, 0.15) is 11.5 Å². The molecule has 0 atom stereocenters. The van der Waals surface area contributed by atoms with Crippen LogP contribution in [0.4, 0.5) is 0 Å². The summed E-state index contributed by atoms with van der Waals surface area (Å²) in [5.74, 6) is 1.81. The molecule has 2 aromatic rings. The minimum absolute atomic E-state index is 0.612. The molecule has 0 saturated carbocycles. The highest BCUT2D eigenvalue weighted by Gasteiger charge is 2.19. The molecule has 0 saturated heterocycles. The molecule has 0 aliphatic carbocycles. The molecule has 110 valence electrons. The van der Waals surface area contributed by atoms with E-state index in [1.165, 1.54) is 11.1 Å². The van der Waals surface area contributed by atoms with Crippen LogP contribution in [-0.2, 0) is 0 Å². The minimum Gasteiger partial charge on any atom is -0.461 e. The van der Waals surface area contributed by atoms with E-state index in [-0.39, 0.29) is 0 Å². The standard InChI is InChI=1S/C20H19NO/c1-3-4-13-21-14-19-15(2)22-20-12-8-7-11-18(20)16-9-5-6-10-17(16)19/h3-13H,14H2,1-2H3/b4-3-,21-13+. The lowest BCUT2D eigenvalue weighted by molar-refractivity contribution is 0.432. The molecule has 0 radical (unpaired) electrons. The fraction of sp³-hybridized carbons (Fsp3) is 0.150. The molecule has 2 aromatic carbocycles. The van der Waals surface area contributed by atoms with Crippen LogP contribution >= 0.6 is 0 Å². The summed E-state index contributed by atoms with van der Waals surface area (Å²) >= 11 is 0. The van der Waals surface area contributed by atoms with Crippen LogP contribution in [0, 0.1) is 0 Å². The van der Waals surface area contributed by atoms with Crippen LogP contribution in [0.3, 0.4) is 0 Å². The smallest absolute Gasteiger partial charge is 0.134 e. The van der Waals surface area contributed by atoms with Gasteiger partial charge >= 0.3 is 0 Å². The minimum atomic E-state index is 0.612. The third-order valence-corrected chi connectivity index (χ3v) is 3.75. The zero-order chi connectivity index (χ0) is 15.4. The predicted molar refractivity (Wildman–Crippen MR) is 93.3 cm³/mol. The van der Waals surface area contributed by atoms with Crippen LogP contribution < -0.4 is 4.74 Å². The van der Waals surface area contributed by atoms with Crippen molar-refractivity contribution >= 4 is 11.8 Å². The number of para-hydroxylation sites is 1. The van der Waals surface area contributed by atoms with Crippen LogP contribution in [0.25, 0.3) is 16.7 Å². The van der Waals surface area contributed by atoms with E-state index in [0.29, 0.717) is 6.54 Å². The van der Waals surface area contributed by atoms with Gasteiger partial charge in [-0.25, -0.2) is 0 Å². The lowest BCUT2D eigenvalue weighted by atomic mass is 9.94. The van der Waals surface area contributed by atoms with Gasteiger partial charge in [0, 0.05) is 17.4 Å². The second-order valence-electron chi connectivity index (χ2n) is 5.19. The van der Waals surface area contributed by atoms with E-state index in [9.17, 15) is 0 Å². The lowest BCUT2D eigenvalue weighted by Crippen LogP contribution is -1.98. The number of fused-ring (bicyclic) bond motifs is 3. The molecular formula is C20H19NO. The quantitative estimate of drug-likeness (QED) is 0.718. The molecule has 0 unspecified atom stereocenters. The summed E-state index contributed by atoms with van der Waals surface area (Å²) in [5.41, 5.74) is 4.66. The Kier molecular flexibility index (Phi) is 4.19. The monoisotopic (exact) mass is 289 g/mol. The summed E-state index contributed by atoms with van der Waals surface area (Å²) in [5, 5.41) is 0. The number of aliphatic imine (C=N–C) groups is 1. The van der Waals surface area contributed by atoms with Crippen molar-refractivity contribution in [1.82, 2.24) is 0 Å². The Morgan fingerprint density at radius 3 is 2.41 bits per heavy atom. The lowest BCUT2D eigenvalue weighted by Gasteiger charge is -2.09. The van der Waals surface area contributed by atoms with Crippen LogP contribution in [0.15, 0.2) is 71.4 Å². The van der Waals surface area contributed by atoms with Gasteiger partial charge in [-0.05, 0) is 37.1 Å². The van der Waals surface area contributed by atoms with Gasteiger partial charge in [0.2, 0.25) is 0 Å². The fourth-order valence-electron chi connectivity index (χ4n) is 2.66. The van der Waals surface area contributed by atoms with Crippen molar-refractivity contribution in [2.24, 2.45) is 4.99 Å². The van der Waals surface area contributed by atoms with E-state index in [1.54, 1.807) is 0 Å². The molecule has 1 aliphatic rings. The summed E-state index contributed by atoms with van der Waals surface area (Å²) in [4.78, 5) is 4.49. The van der Waals surface area contributed by atoms with Gasteiger partial charge < -0.3 is 4.74 Å². The van der Waals surface area contributed by atoms with E-state index in [2.05, 4.69) is 35.3 Å². The Balaban J connectivity index is 2.11. The highest BCUT2D eigenvalue weighted by Crippen LogP contribution is 2.40. The van der Waals surface area contributed by atoms with Crippen molar-refractivity contribution in [3.63, 3.8) is 0 Å². The predicted octanol–water partition coefficient (Wildman–Crippen LogP) is 5.12. The normalized spacial score (nSPS) is 13.9. The van der Waals surface area contributed by atoms with Gasteiger partial charge in [-0.1, -0.05) is 48.5 Å². The average Bonchev–Trinajstić information content (AvgIpc) is 2.66. The third kappa shape index (κ3) is 2.73. The number of nitrogens with zero attached hydrogens (tertiary/aromatic N) is 1. The maximum atomic E-state index is 6.10. The molecule has 0 amide bonds. The molecule has 1 heterocycles. The molecule has 1 aliphatic heterocycles. The Morgan fingerprint density at radius 2 is 1.64 bits per heavy atom. The van der Waals surface area contributed by atoms with Gasteiger partial charge in [0.15, 0.2) is 0 Å². The Labute approximate surface area is 131 Å². The first-order valence-electron chi connectivity index (χ1n) is 7.48. The number of ether oxygens (including phenoxy) is 1. The van der Waals surface area contributed by atoms with E-state index in [1.807, 2.05) is 50.4 Å². The van der Waals surface area contributed by atoms with Gasteiger partial charge in [-0.2, -0.15) is 0 Å². The summed E-state index contributed by atoms with van der Waals surface area (Å²) in [6, 6.07) is 16.6. The second-order valence-corrected chi connectivity index (χ2v) is 5.19. The van der Waals surface area contributed by atoms with E-state index >= 15 is 0 Å². The van der Waals surface area contributed by atoms with Crippen LogP contribution in [0.1, 0.15) is 19.4 Å². The van der Waals surface area contributed by atoms with Crippen molar-refractivity contribution in [3.05, 3.63) is 72.0 Å². The summed E-state index contributed by atoms with van der Waals surface area (Å²) in [6.45, 7) is 4.61. The Hall–Kier alpha value is -2.61. The zero-order valence-corrected chi connectivity index (χ0v) is 12.9. The highest BCUT2D eigenvalue weighted by atomic mass is 16.5. The number of allylic oxidation sites excluding steroid dienone is 3. The second kappa shape index (κ2) is 6.44. The van der Waals surface area contributed by atoms with Crippen molar-refractivity contribution in [2.75, 3.05) is 6.54 Å². The van der Waals surface area contributed by atoms with E-state index < -0.39 is 0 Å². The topological polar surface area (TPSA) is 21.6 Å². The van der Waals surface area contributed by atoms with Gasteiger partial charge in [-0.15, -0.1) is 0 Å². The van der Waals surface area contributed by atoms with Crippen molar-refractivity contribution in [1.29, 1.82) is 0 Å². The number of hydrogen-bond acceptors (Lipinski definition) is 2. The molecule has 0 spiro atoms. The summed E-state index contributed by atoms with van der Waals surface area (Å²) < 4.78 is 6.10. The average molecular weight is 289 g/mol. The molecular weight excluding hydrogens is 270 g/mol. The maximum Gasteiger partial charge on any atom is 0.134 e. The van der Waals surface area contributed by atoms with Gasteiger partial charge in [0.05, 0.1) is 6.54 Å². The Bertz CT molecular complexity index is 769. The molecule has 22 heavy (non-hydrogen) atoms. The molecule has 0 N–H and O–H groups in total. The van der Waals surface area contributed by atoms with Crippen LogP contribution in [0.2, 0.25) is 0 Å². The third-order valence-electron chi connectivity index (χ3n) is 3.75. The number of hydrogen-bond donors (Lipinski definition) is 0. The summed E-state index contributed by atoms with van der Waals surface area (Å²) in [7, 11) is 0. The number of benzene rings is 2. The molecule has 0 fully saturated rings. The highest BCUT2D eigenvalue weighted by molar-refractivity contribution is 5.87. The van der Waals surface area contributed by atoms with Crippen molar-refractivity contribution in [2.45, 2.75) is 13.8 Å². The fourth-order valence-corrected chi connectivity index (χ4v) is 2.66. The molecule has 0 bridgehead atoms. The SMILES string of the molecule is C/C=C\C=N\CC1=C(C)Oc2ccccc2-c2ccccc21. The summed E-state index contributed by atoms with van der Waals surface area (Å²) in [6.07, 6.45) is 5.74. The largest absolute Gasteiger partial charge is 0.461 e. The number of rotatable bonds is 3. The first-order valence-corrected chi connectivity index (χ1v) is 7.48. The first kappa shape index (κ1) is 14.3. The maximum absolute atomic E-state index is 6.10. The molecule has 0 aromatic heterocycles. The van der Waals surface area contributed by atoms with Crippen molar-refractivity contribution in [3.8, 4) is 16.9 Å².